The second kappa shape index (κ2) is 3.70. The van der Waals surface area contributed by atoms with Gasteiger partial charge in [-0.1, -0.05) is 12.1 Å². The molecular formula is C11H12O3. The first-order valence-electron chi connectivity index (χ1n) is 4.63. The van der Waals surface area contributed by atoms with Gasteiger partial charge in [0.1, 0.15) is 11.9 Å². The first kappa shape index (κ1) is 9.06. The van der Waals surface area contributed by atoms with Crippen LogP contribution in [-0.2, 0) is 9.53 Å². The summed E-state index contributed by atoms with van der Waals surface area (Å²) in [7, 11) is 1.63. The number of cyclic esters (lactones) is 1. The Bertz CT molecular complexity index is 329. The van der Waals surface area contributed by atoms with Gasteiger partial charge in [-0.05, 0) is 24.1 Å². The molecule has 3 heteroatoms. The van der Waals surface area contributed by atoms with Gasteiger partial charge in [-0.2, -0.15) is 0 Å². The summed E-state index contributed by atoms with van der Waals surface area (Å²) in [5, 5.41) is 0. The van der Waals surface area contributed by atoms with Gasteiger partial charge >= 0.3 is 5.97 Å². The van der Waals surface area contributed by atoms with Crippen LogP contribution in [0.1, 0.15) is 24.5 Å². The van der Waals surface area contributed by atoms with Crippen LogP contribution in [-0.4, -0.2) is 13.1 Å². The number of hydrogen-bond donors (Lipinski definition) is 0. The van der Waals surface area contributed by atoms with Gasteiger partial charge in [0, 0.05) is 6.42 Å². The molecule has 0 bridgehead atoms. The van der Waals surface area contributed by atoms with Crippen molar-refractivity contribution in [1.29, 1.82) is 0 Å². The summed E-state index contributed by atoms with van der Waals surface area (Å²) < 4.78 is 10.2. The summed E-state index contributed by atoms with van der Waals surface area (Å²) >= 11 is 0. The molecule has 1 aliphatic rings. The van der Waals surface area contributed by atoms with Crippen molar-refractivity contribution in [2.24, 2.45) is 0 Å². The molecule has 0 saturated carbocycles. The number of methoxy groups -OCH3 is 1. The van der Waals surface area contributed by atoms with E-state index in [1.165, 1.54) is 0 Å². The average Bonchev–Trinajstić information content (AvgIpc) is 2.65. The Labute approximate surface area is 82.6 Å². The predicted octanol–water partition coefficient (Wildman–Crippen LogP) is 2.07. The molecule has 1 heterocycles. The standard InChI is InChI=1S/C11H12O3/c1-13-9-4-2-8(3-5-9)10-6-7-11(12)14-10/h2-5,10H,6-7H2,1H3/t10-/m0/s1. The van der Waals surface area contributed by atoms with Crippen LogP contribution in [0.2, 0.25) is 0 Å². The summed E-state index contributed by atoms with van der Waals surface area (Å²) in [5.74, 6) is 0.712. The minimum Gasteiger partial charge on any atom is -0.497 e. The molecule has 0 spiro atoms. The Morgan fingerprint density at radius 3 is 2.57 bits per heavy atom. The normalized spacial score (nSPS) is 20.6. The summed E-state index contributed by atoms with van der Waals surface area (Å²) in [4.78, 5) is 10.9. The fourth-order valence-electron chi connectivity index (χ4n) is 1.58. The third-order valence-electron chi connectivity index (χ3n) is 2.37. The Morgan fingerprint density at radius 2 is 2.07 bits per heavy atom. The maximum atomic E-state index is 10.9. The van der Waals surface area contributed by atoms with Crippen molar-refractivity contribution in [1.82, 2.24) is 0 Å². The van der Waals surface area contributed by atoms with Crippen LogP contribution in [0.3, 0.4) is 0 Å². The molecule has 1 fully saturated rings. The van der Waals surface area contributed by atoms with Crippen molar-refractivity contribution >= 4 is 5.97 Å². The molecule has 74 valence electrons. The maximum Gasteiger partial charge on any atom is 0.306 e. The summed E-state index contributed by atoms with van der Waals surface area (Å²) in [6.45, 7) is 0. The molecule has 0 amide bonds. The van der Waals surface area contributed by atoms with Gasteiger partial charge in [-0.15, -0.1) is 0 Å². The van der Waals surface area contributed by atoms with Crippen LogP contribution in [0.4, 0.5) is 0 Å². The van der Waals surface area contributed by atoms with Crippen LogP contribution < -0.4 is 4.74 Å². The molecule has 1 aromatic rings. The van der Waals surface area contributed by atoms with E-state index in [0.717, 1.165) is 17.7 Å². The molecule has 1 aliphatic heterocycles. The molecule has 0 aliphatic carbocycles. The SMILES string of the molecule is COc1ccc([C@@H]2CCC(=O)O2)cc1. The summed E-state index contributed by atoms with van der Waals surface area (Å²) in [6.07, 6.45) is 1.25. The molecular weight excluding hydrogens is 180 g/mol. The van der Waals surface area contributed by atoms with Gasteiger partial charge in [0.15, 0.2) is 0 Å². The van der Waals surface area contributed by atoms with Gasteiger partial charge in [-0.25, -0.2) is 0 Å². The average molecular weight is 192 g/mol. The lowest BCUT2D eigenvalue weighted by Crippen LogP contribution is -1.98. The van der Waals surface area contributed by atoms with Gasteiger partial charge in [0.05, 0.1) is 7.11 Å². The predicted molar refractivity (Wildman–Crippen MR) is 51.1 cm³/mol. The highest BCUT2D eigenvalue weighted by atomic mass is 16.5. The third kappa shape index (κ3) is 1.71. The number of carbonyl (C=O) groups excluding carboxylic acids is 1. The van der Waals surface area contributed by atoms with Crippen molar-refractivity contribution < 1.29 is 14.3 Å². The lowest BCUT2D eigenvalue weighted by Gasteiger charge is -2.09. The lowest BCUT2D eigenvalue weighted by atomic mass is 10.1. The highest BCUT2D eigenvalue weighted by Gasteiger charge is 2.24. The van der Waals surface area contributed by atoms with E-state index in [0.29, 0.717) is 6.42 Å². The minimum atomic E-state index is -0.106. The van der Waals surface area contributed by atoms with Crippen LogP contribution >= 0.6 is 0 Å². The summed E-state index contributed by atoms with van der Waals surface area (Å²) in [5.41, 5.74) is 1.04. The van der Waals surface area contributed by atoms with E-state index in [2.05, 4.69) is 0 Å². The Hall–Kier alpha value is -1.51. The molecule has 1 saturated heterocycles. The number of hydrogen-bond acceptors (Lipinski definition) is 3. The van der Waals surface area contributed by atoms with Crippen LogP contribution in [0, 0.1) is 0 Å². The molecule has 3 nitrogen and oxygen atoms in total. The largest absolute Gasteiger partial charge is 0.497 e. The number of benzene rings is 1. The van der Waals surface area contributed by atoms with Crippen LogP contribution in [0.15, 0.2) is 24.3 Å². The Morgan fingerprint density at radius 1 is 1.36 bits per heavy atom. The van der Waals surface area contributed by atoms with Crippen molar-refractivity contribution in [2.75, 3.05) is 7.11 Å². The first-order valence-corrected chi connectivity index (χ1v) is 4.63. The van der Waals surface area contributed by atoms with Crippen LogP contribution in [0.5, 0.6) is 5.75 Å². The van der Waals surface area contributed by atoms with Gasteiger partial charge < -0.3 is 9.47 Å². The molecule has 0 N–H and O–H groups in total. The smallest absolute Gasteiger partial charge is 0.306 e. The van der Waals surface area contributed by atoms with Crippen molar-refractivity contribution in [3.63, 3.8) is 0 Å². The van der Waals surface area contributed by atoms with E-state index >= 15 is 0 Å². The van der Waals surface area contributed by atoms with Gasteiger partial charge in [0.2, 0.25) is 0 Å². The molecule has 0 aromatic heterocycles. The number of carbonyl (C=O) groups is 1. The molecule has 14 heavy (non-hydrogen) atoms. The molecule has 0 radical (unpaired) electrons. The second-order valence-corrected chi connectivity index (χ2v) is 3.29. The van der Waals surface area contributed by atoms with E-state index < -0.39 is 0 Å². The Balaban J connectivity index is 2.13. The molecule has 1 aromatic carbocycles. The third-order valence-corrected chi connectivity index (χ3v) is 2.37. The maximum absolute atomic E-state index is 10.9. The fourth-order valence-corrected chi connectivity index (χ4v) is 1.58. The zero-order valence-electron chi connectivity index (χ0n) is 8.03. The van der Waals surface area contributed by atoms with E-state index in [1.54, 1.807) is 7.11 Å². The fraction of sp³-hybridized carbons (Fsp3) is 0.364. The number of esters is 1. The van der Waals surface area contributed by atoms with Crippen LogP contribution in [0.25, 0.3) is 0 Å². The number of rotatable bonds is 2. The van der Waals surface area contributed by atoms with E-state index in [-0.39, 0.29) is 12.1 Å². The lowest BCUT2D eigenvalue weighted by molar-refractivity contribution is -0.141. The highest BCUT2D eigenvalue weighted by Crippen LogP contribution is 2.30. The minimum absolute atomic E-state index is 0.0617. The summed E-state index contributed by atoms with van der Waals surface area (Å²) in [6, 6.07) is 7.62. The van der Waals surface area contributed by atoms with Gasteiger partial charge in [-0.3, -0.25) is 4.79 Å². The van der Waals surface area contributed by atoms with Crippen molar-refractivity contribution in [2.45, 2.75) is 18.9 Å². The second-order valence-electron chi connectivity index (χ2n) is 3.29. The molecule has 1 atom stereocenters. The quantitative estimate of drug-likeness (QED) is 0.673. The molecule has 0 unspecified atom stereocenters. The highest BCUT2D eigenvalue weighted by molar-refractivity contribution is 5.71. The zero-order chi connectivity index (χ0) is 9.97. The zero-order valence-corrected chi connectivity index (χ0v) is 8.03. The monoisotopic (exact) mass is 192 g/mol. The van der Waals surface area contributed by atoms with E-state index in [1.807, 2.05) is 24.3 Å². The van der Waals surface area contributed by atoms with Gasteiger partial charge in [0.25, 0.3) is 0 Å². The van der Waals surface area contributed by atoms with Crippen molar-refractivity contribution in [3.05, 3.63) is 29.8 Å². The first-order chi connectivity index (χ1) is 6.79. The van der Waals surface area contributed by atoms with E-state index in [4.69, 9.17) is 9.47 Å². The van der Waals surface area contributed by atoms with Crippen molar-refractivity contribution in [3.8, 4) is 5.75 Å². The topological polar surface area (TPSA) is 35.5 Å². The molecule has 2 rings (SSSR count). The van der Waals surface area contributed by atoms with E-state index in [9.17, 15) is 4.79 Å². The number of ether oxygens (including phenoxy) is 2. The Kier molecular flexibility index (Phi) is 2.39.